The predicted octanol–water partition coefficient (Wildman–Crippen LogP) is 4.01. The summed E-state index contributed by atoms with van der Waals surface area (Å²) in [4.78, 5) is 27.2. The van der Waals surface area contributed by atoms with Crippen molar-refractivity contribution in [1.82, 2.24) is 4.90 Å². The van der Waals surface area contributed by atoms with E-state index in [0.29, 0.717) is 30.2 Å². The largest absolute Gasteiger partial charge is 0.493 e. The maximum atomic E-state index is 12.9. The van der Waals surface area contributed by atoms with E-state index in [0.717, 1.165) is 18.4 Å². The Labute approximate surface area is 177 Å². The van der Waals surface area contributed by atoms with Gasteiger partial charge < -0.3 is 19.1 Å². The number of nitrogens with zero attached hydrogens (tertiary/aromatic N) is 1. The Morgan fingerprint density at radius 1 is 1.07 bits per heavy atom. The number of ether oxygens (including phenoxy) is 3. The van der Waals surface area contributed by atoms with Crippen LogP contribution in [0.4, 0.5) is 0 Å². The Bertz CT molecular complexity index is 888. The molecule has 158 valence electrons. The molecule has 0 bridgehead atoms. The van der Waals surface area contributed by atoms with E-state index in [2.05, 4.69) is 0 Å². The van der Waals surface area contributed by atoms with Gasteiger partial charge in [0.15, 0.2) is 18.1 Å². The number of hydrogen-bond donors (Lipinski definition) is 0. The zero-order valence-electron chi connectivity index (χ0n) is 17.4. The topological polar surface area (TPSA) is 65.1 Å². The van der Waals surface area contributed by atoms with Gasteiger partial charge in [-0.15, -0.1) is 0 Å². The van der Waals surface area contributed by atoms with Gasteiger partial charge in [0.25, 0.3) is 5.91 Å². The molecule has 3 rings (SSSR count). The second-order valence-electron chi connectivity index (χ2n) is 7.01. The van der Waals surface area contributed by atoms with Crippen molar-refractivity contribution >= 4 is 18.0 Å². The zero-order chi connectivity index (χ0) is 21.3. The van der Waals surface area contributed by atoms with E-state index in [9.17, 15) is 9.59 Å². The fourth-order valence-electron chi connectivity index (χ4n) is 3.39. The lowest BCUT2D eigenvalue weighted by Crippen LogP contribution is -2.35. The number of benzene rings is 2. The first-order chi connectivity index (χ1) is 14.6. The lowest BCUT2D eigenvalue weighted by Gasteiger charge is -2.23. The molecule has 1 saturated heterocycles. The first-order valence-electron chi connectivity index (χ1n) is 10.1. The Hall–Kier alpha value is -3.28. The van der Waals surface area contributed by atoms with E-state index in [1.807, 2.05) is 49.4 Å². The van der Waals surface area contributed by atoms with Gasteiger partial charge in [0, 0.05) is 18.7 Å². The van der Waals surface area contributed by atoms with Crippen LogP contribution in [0.1, 0.15) is 37.0 Å². The summed E-state index contributed by atoms with van der Waals surface area (Å²) < 4.78 is 16.5. The molecule has 30 heavy (non-hydrogen) atoms. The molecule has 1 atom stereocenters. The molecule has 1 aliphatic rings. The Kier molecular flexibility index (Phi) is 7.49. The van der Waals surface area contributed by atoms with Crippen LogP contribution in [0.25, 0.3) is 6.08 Å². The minimum atomic E-state index is -0.973. The quantitative estimate of drug-likeness (QED) is 0.617. The van der Waals surface area contributed by atoms with Crippen molar-refractivity contribution < 1.29 is 23.8 Å². The van der Waals surface area contributed by atoms with Crippen LogP contribution in [0, 0.1) is 0 Å². The van der Waals surface area contributed by atoms with Gasteiger partial charge in [-0.05, 0) is 37.5 Å². The summed E-state index contributed by atoms with van der Waals surface area (Å²) in [6.07, 6.45) is 4.82. The van der Waals surface area contributed by atoms with Gasteiger partial charge in [-0.2, -0.15) is 0 Å². The first kappa shape index (κ1) is 21.4. The summed E-state index contributed by atoms with van der Waals surface area (Å²) in [5.74, 6) is 0.146. The van der Waals surface area contributed by atoms with Gasteiger partial charge in [-0.3, -0.25) is 4.79 Å². The van der Waals surface area contributed by atoms with Crippen molar-refractivity contribution in [2.24, 2.45) is 0 Å². The van der Waals surface area contributed by atoms with Crippen molar-refractivity contribution in [3.05, 3.63) is 65.7 Å². The monoisotopic (exact) mass is 409 g/mol. The SMILES string of the molecule is C/C=C/c1ccc(OCC(=O)O[C@@H](C(=O)N2CCCC2)c2ccccc2)c(OC)c1. The maximum Gasteiger partial charge on any atom is 0.345 e. The number of carbonyl (C=O) groups excluding carboxylic acids is 2. The number of methoxy groups -OCH3 is 1. The average Bonchev–Trinajstić information content (AvgIpc) is 3.32. The lowest BCUT2D eigenvalue weighted by atomic mass is 10.1. The van der Waals surface area contributed by atoms with Crippen LogP contribution in [-0.4, -0.2) is 43.6 Å². The van der Waals surface area contributed by atoms with Crippen molar-refractivity contribution in [3.8, 4) is 11.5 Å². The van der Waals surface area contributed by atoms with Crippen molar-refractivity contribution in [2.75, 3.05) is 26.8 Å². The van der Waals surface area contributed by atoms with E-state index in [1.54, 1.807) is 30.2 Å². The molecule has 1 fully saturated rings. The molecule has 0 N–H and O–H groups in total. The summed E-state index contributed by atoms with van der Waals surface area (Å²) in [6, 6.07) is 14.5. The molecule has 1 heterocycles. The second kappa shape index (κ2) is 10.5. The fraction of sp³-hybridized carbons (Fsp3) is 0.333. The highest BCUT2D eigenvalue weighted by atomic mass is 16.6. The number of allylic oxidation sites excluding steroid dienone is 1. The van der Waals surface area contributed by atoms with Crippen molar-refractivity contribution in [3.63, 3.8) is 0 Å². The lowest BCUT2D eigenvalue weighted by molar-refractivity contribution is -0.162. The van der Waals surface area contributed by atoms with Crippen LogP contribution in [0.2, 0.25) is 0 Å². The molecule has 2 aromatic rings. The minimum Gasteiger partial charge on any atom is -0.493 e. The molecular formula is C24H27NO5. The molecule has 0 spiro atoms. The van der Waals surface area contributed by atoms with Crippen LogP contribution >= 0.6 is 0 Å². The van der Waals surface area contributed by atoms with Crippen LogP contribution in [-0.2, 0) is 14.3 Å². The third kappa shape index (κ3) is 5.41. The predicted molar refractivity (Wildman–Crippen MR) is 114 cm³/mol. The Morgan fingerprint density at radius 3 is 2.47 bits per heavy atom. The van der Waals surface area contributed by atoms with Gasteiger partial charge >= 0.3 is 5.97 Å². The highest BCUT2D eigenvalue weighted by molar-refractivity contribution is 5.85. The number of esters is 1. The maximum absolute atomic E-state index is 12.9. The molecule has 0 aromatic heterocycles. The molecule has 0 aliphatic carbocycles. The number of likely N-dealkylation sites (tertiary alicyclic amines) is 1. The number of rotatable bonds is 8. The second-order valence-corrected chi connectivity index (χ2v) is 7.01. The van der Waals surface area contributed by atoms with E-state index >= 15 is 0 Å². The van der Waals surface area contributed by atoms with E-state index in [4.69, 9.17) is 14.2 Å². The first-order valence-corrected chi connectivity index (χ1v) is 10.1. The molecule has 2 aromatic carbocycles. The van der Waals surface area contributed by atoms with Crippen molar-refractivity contribution in [2.45, 2.75) is 25.9 Å². The normalized spacial score (nSPS) is 14.5. The number of hydrogen-bond acceptors (Lipinski definition) is 5. The summed E-state index contributed by atoms with van der Waals surface area (Å²) in [5.41, 5.74) is 1.61. The number of carbonyl (C=O) groups is 2. The molecular weight excluding hydrogens is 382 g/mol. The fourth-order valence-corrected chi connectivity index (χ4v) is 3.39. The van der Waals surface area contributed by atoms with E-state index in [-0.39, 0.29) is 12.5 Å². The summed E-state index contributed by atoms with van der Waals surface area (Å²) in [5, 5.41) is 0. The third-order valence-corrected chi connectivity index (χ3v) is 4.89. The molecule has 0 radical (unpaired) electrons. The molecule has 6 nitrogen and oxygen atoms in total. The van der Waals surface area contributed by atoms with Gasteiger partial charge in [-0.25, -0.2) is 4.79 Å². The molecule has 0 saturated carbocycles. The summed E-state index contributed by atoms with van der Waals surface area (Å²) in [6.45, 7) is 2.98. The Balaban J connectivity index is 1.68. The van der Waals surface area contributed by atoms with Crippen LogP contribution < -0.4 is 9.47 Å². The smallest absolute Gasteiger partial charge is 0.345 e. The standard InChI is InChI=1S/C24H27NO5/c1-3-9-18-12-13-20(21(16-18)28-2)29-17-22(26)30-23(19-10-5-4-6-11-19)24(27)25-14-7-8-15-25/h3-6,9-13,16,23H,7-8,14-15,17H2,1-2H3/b9-3+/t23-/m1/s1. The van der Waals surface area contributed by atoms with Gasteiger partial charge in [0.1, 0.15) is 0 Å². The highest BCUT2D eigenvalue weighted by Gasteiger charge is 2.31. The van der Waals surface area contributed by atoms with Crippen molar-refractivity contribution in [1.29, 1.82) is 0 Å². The third-order valence-electron chi connectivity index (χ3n) is 4.89. The van der Waals surface area contributed by atoms with E-state index in [1.165, 1.54) is 0 Å². The average molecular weight is 409 g/mol. The van der Waals surface area contributed by atoms with Gasteiger partial charge in [0.2, 0.25) is 6.10 Å². The zero-order valence-corrected chi connectivity index (χ0v) is 17.4. The molecule has 1 amide bonds. The van der Waals surface area contributed by atoms with Crippen LogP contribution in [0.5, 0.6) is 11.5 Å². The molecule has 6 heteroatoms. The molecule has 0 unspecified atom stereocenters. The van der Waals surface area contributed by atoms with Gasteiger partial charge in [-0.1, -0.05) is 48.6 Å². The summed E-state index contributed by atoms with van der Waals surface area (Å²) >= 11 is 0. The van der Waals surface area contributed by atoms with Crippen LogP contribution in [0.15, 0.2) is 54.6 Å². The van der Waals surface area contributed by atoms with E-state index < -0.39 is 12.1 Å². The Morgan fingerprint density at radius 2 is 1.80 bits per heavy atom. The van der Waals surface area contributed by atoms with Gasteiger partial charge in [0.05, 0.1) is 7.11 Å². The summed E-state index contributed by atoms with van der Waals surface area (Å²) in [7, 11) is 1.54. The molecule has 1 aliphatic heterocycles. The minimum absolute atomic E-state index is 0.194. The number of amides is 1. The highest BCUT2D eigenvalue weighted by Crippen LogP contribution is 2.29. The van der Waals surface area contributed by atoms with Crippen LogP contribution in [0.3, 0.4) is 0 Å².